The predicted molar refractivity (Wildman–Crippen MR) is 225 cm³/mol. The van der Waals surface area contributed by atoms with Gasteiger partial charge in [-0.25, -0.2) is 0 Å². The monoisotopic (exact) mass is 700 g/mol. The van der Waals surface area contributed by atoms with Crippen molar-refractivity contribution in [2.24, 2.45) is 5.41 Å². The average molecular weight is 700 g/mol. The predicted octanol–water partition coefficient (Wildman–Crippen LogP) is 15.2. The van der Waals surface area contributed by atoms with Crippen LogP contribution in [0.4, 0.5) is 0 Å². The molecule has 1 unspecified atom stereocenters. The summed E-state index contributed by atoms with van der Waals surface area (Å²) in [5.74, 6) is 0. The lowest BCUT2D eigenvalue weighted by Gasteiger charge is -2.25. The van der Waals surface area contributed by atoms with Crippen LogP contribution in [0.25, 0.3) is 0 Å². The normalized spacial score (nSPS) is 14.0. The van der Waals surface area contributed by atoms with Crippen molar-refractivity contribution in [3.05, 3.63) is 48.6 Å². The Balaban J connectivity index is 0.00000754. The van der Waals surface area contributed by atoms with E-state index in [1.165, 1.54) is 161 Å². The molecule has 0 amide bonds. The Labute approximate surface area is 315 Å². The lowest BCUT2D eigenvalue weighted by molar-refractivity contribution is -0.151. The van der Waals surface area contributed by atoms with Crippen molar-refractivity contribution in [3.8, 4) is 0 Å². The lowest BCUT2D eigenvalue weighted by Crippen LogP contribution is -2.21. The second kappa shape index (κ2) is 40.6. The number of ether oxygens (including phenoxy) is 2. The minimum absolute atomic E-state index is 0.0152. The van der Waals surface area contributed by atoms with Crippen LogP contribution in [-0.2, 0) is 9.47 Å². The Kier molecular flexibility index (Phi) is 39.7. The molecule has 1 heterocycles. The van der Waals surface area contributed by atoms with Crippen LogP contribution >= 0.6 is 0 Å². The zero-order valence-corrected chi connectivity index (χ0v) is 34.6. The SMILES string of the molecule is C1CN1.CCCCC/C=C\C/C=C\CCCCCCCCCC(OCCCCCCCC/C=C\C/C=C\CCCCC)OCCC(C)(C)CC. The summed E-state index contributed by atoms with van der Waals surface area (Å²) >= 11 is 0. The molecule has 0 aliphatic carbocycles. The first-order valence-corrected chi connectivity index (χ1v) is 22.1. The van der Waals surface area contributed by atoms with Crippen molar-refractivity contribution in [2.45, 2.75) is 221 Å². The summed E-state index contributed by atoms with van der Waals surface area (Å²) < 4.78 is 12.6. The molecule has 1 aliphatic rings. The molecule has 1 saturated heterocycles. The van der Waals surface area contributed by atoms with Gasteiger partial charge in [-0.1, -0.05) is 173 Å². The molecule has 0 aromatic rings. The van der Waals surface area contributed by atoms with E-state index in [9.17, 15) is 0 Å². The molecular weight excluding hydrogens is 611 g/mol. The van der Waals surface area contributed by atoms with Gasteiger partial charge >= 0.3 is 0 Å². The van der Waals surface area contributed by atoms with Crippen molar-refractivity contribution in [3.63, 3.8) is 0 Å². The van der Waals surface area contributed by atoms with E-state index < -0.39 is 0 Å². The third-order valence-electron chi connectivity index (χ3n) is 9.83. The summed E-state index contributed by atoms with van der Waals surface area (Å²) in [7, 11) is 0. The maximum atomic E-state index is 6.29. The van der Waals surface area contributed by atoms with Crippen molar-refractivity contribution in [1.29, 1.82) is 0 Å². The van der Waals surface area contributed by atoms with Crippen LogP contribution in [0.15, 0.2) is 48.6 Å². The highest BCUT2D eigenvalue weighted by Gasteiger charge is 2.17. The summed E-state index contributed by atoms with van der Waals surface area (Å²) in [6.45, 7) is 15.7. The second-order valence-electron chi connectivity index (χ2n) is 15.5. The summed E-state index contributed by atoms with van der Waals surface area (Å²) in [5.41, 5.74) is 0.353. The standard InChI is InChI=1S/C45H84O2.C2H5N/c1-6-9-11-13-15-17-19-21-23-25-26-28-30-32-34-36-38-40-44(47-43-41-45(4,5)8-3)46-42-39-37-35-33-31-29-27-24-22-20-18-16-14-12-10-7-2;1-2-3-1/h15-18,21-24,44H,6-14,19-20,25-43H2,1-5H3;3H,1-2H2/b17-15-,18-16-,23-21-,24-22-;. The topological polar surface area (TPSA) is 40.4 Å². The Morgan fingerprint density at radius 1 is 0.480 bits per heavy atom. The Hall–Kier alpha value is -1.16. The van der Waals surface area contributed by atoms with E-state index in [2.05, 4.69) is 88.5 Å². The smallest absolute Gasteiger partial charge is 0.157 e. The molecule has 1 aliphatic heterocycles. The summed E-state index contributed by atoms with van der Waals surface area (Å²) in [6.07, 6.45) is 54.5. The molecule has 0 aromatic heterocycles. The first-order valence-electron chi connectivity index (χ1n) is 22.1. The van der Waals surface area contributed by atoms with E-state index in [0.717, 1.165) is 45.3 Å². The van der Waals surface area contributed by atoms with Crippen LogP contribution in [0.3, 0.4) is 0 Å². The quantitative estimate of drug-likeness (QED) is 0.0304. The van der Waals surface area contributed by atoms with Gasteiger partial charge in [0.25, 0.3) is 0 Å². The summed E-state index contributed by atoms with van der Waals surface area (Å²) in [4.78, 5) is 0. The molecule has 1 fully saturated rings. The maximum Gasteiger partial charge on any atom is 0.157 e. The minimum Gasteiger partial charge on any atom is -0.353 e. The van der Waals surface area contributed by atoms with Gasteiger partial charge in [0.2, 0.25) is 0 Å². The fraction of sp³-hybridized carbons (Fsp3) is 0.830. The number of unbranched alkanes of at least 4 members (excludes halogenated alkanes) is 19. The van der Waals surface area contributed by atoms with E-state index in [1.807, 2.05) is 0 Å². The molecule has 0 spiro atoms. The van der Waals surface area contributed by atoms with Crippen LogP contribution < -0.4 is 5.32 Å². The largest absolute Gasteiger partial charge is 0.353 e. The first-order chi connectivity index (χ1) is 24.6. The van der Waals surface area contributed by atoms with Crippen LogP contribution in [0, 0.1) is 5.41 Å². The van der Waals surface area contributed by atoms with Crippen LogP contribution in [0.5, 0.6) is 0 Å². The van der Waals surface area contributed by atoms with Crippen molar-refractivity contribution in [2.75, 3.05) is 26.3 Å². The van der Waals surface area contributed by atoms with Gasteiger partial charge in [0.05, 0.1) is 6.61 Å². The number of allylic oxidation sites excluding steroid dienone is 8. The van der Waals surface area contributed by atoms with Gasteiger partial charge in [0.1, 0.15) is 0 Å². The van der Waals surface area contributed by atoms with Gasteiger partial charge in [0.15, 0.2) is 6.29 Å². The lowest BCUT2D eigenvalue weighted by atomic mass is 9.87. The van der Waals surface area contributed by atoms with E-state index in [0.29, 0.717) is 5.41 Å². The molecule has 0 saturated carbocycles. The molecule has 0 bridgehead atoms. The zero-order chi connectivity index (χ0) is 36.5. The van der Waals surface area contributed by atoms with Crippen LogP contribution in [0.2, 0.25) is 0 Å². The van der Waals surface area contributed by atoms with Crippen LogP contribution in [0.1, 0.15) is 214 Å². The number of rotatable bonds is 37. The van der Waals surface area contributed by atoms with Gasteiger partial charge in [-0.3, -0.25) is 0 Å². The average Bonchev–Trinajstić information content (AvgIpc) is 4.01. The van der Waals surface area contributed by atoms with Crippen LogP contribution in [-0.4, -0.2) is 32.6 Å². The van der Waals surface area contributed by atoms with Gasteiger partial charge in [-0.15, -0.1) is 0 Å². The molecule has 1 N–H and O–H groups in total. The minimum atomic E-state index is -0.0152. The summed E-state index contributed by atoms with van der Waals surface area (Å²) in [5, 5.41) is 3.00. The third kappa shape index (κ3) is 43.0. The van der Waals surface area contributed by atoms with Gasteiger partial charge in [-0.05, 0) is 95.3 Å². The highest BCUT2D eigenvalue weighted by atomic mass is 16.7. The number of hydrogen-bond acceptors (Lipinski definition) is 3. The molecular formula is C47H89NO2. The van der Waals surface area contributed by atoms with E-state index in [1.54, 1.807) is 0 Å². The van der Waals surface area contributed by atoms with Crippen molar-refractivity contribution >= 4 is 0 Å². The van der Waals surface area contributed by atoms with Crippen molar-refractivity contribution < 1.29 is 9.47 Å². The zero-order valence-electron chi connectivity index (χ0n) is 34.6. The molecule has 294 valence electrons. The first kappa shape index (κ1) is 48.8. The molecule has 0 radical (unpaired) electrons. The Morgan fingerprint density at radius 3 is 1.28 bits per heavy atom. The fourth-order valence-corrected chi connectivity index (χ4v) is 5.64. The van der Waals surface area contributed by atoms with Gasteiger partial charge < -0.3 is 14.8 Å². The highest BCUT2D eigenvalue weighted by molar-refractivity contribution is 4.93. The Bertz CT molecular complexity index is 712. The summed E-state index contributed by atoms with van der Waals surface area (Å²) in [6, 6.07) is 0. The number of hydrogen-bond donors (Lipinski definition) is 1. The van der Waals surface area contributed by atoms with E-state index >= 15 is 0 Å². The maximum absolute atomic E-state index is 6.29. The molecule has 0 aromatic carbocycles. The second-order valence-corrected chi connectivity index (χ2v) is 15.5. The molecule has 3 heteroatoms. The van der Waals surface area contributed by atoms with Gasteiger partial charge in [0, 0.05) is 19.7 Å². The molecule has 50 heavy (non-hydrogen) atoms. The van der Waals surface area contributed by atoms with E-state index in [4.69, 9.17) is 9.47 Å². The van der Waals surface area contributed by atoms with E-state index in [-0.39, 0.29) is 6.29 Å². The third-order valence-corrected chi connectivity index (χ3v) is 9.83. The Morgan fingerprint density at radius 2 is 0.860 bits per heavy atom. The molecule has 3 nitrogen and oxygen atoms in total. The van der Waals surface area contributed by atoms with Gasteiger partial charge in [-0.2, -0.15) is 0 Å². The molecule has 1 rings (SSSR count). The fourth-order valence-electron chi connectivity index (χ4n) is 5.64. The highest BCUT2D eigenvalue weighted by Crippen LogP contribution is 2.25. The molecule has 1 atom stereocenters. The van der Waals surface area contributed by atoms with Crippen molar-refractivity contribution in [1.82, 2.24) is 5.32 Å². The number of nitrogens with one attached hydrogen (secondary N) is 1.